The van der Waals surface area contributed by atoms with E-state index in [1.165, 1.54) is 6.07 Å². The van der Waals surface area contributed by atoms with Gasteiger partial charge in [0, 0.05) is 5.69 Å². The summed E-state index contributed by atoms with van der Waals surface area (Å²) in [4.78, 5) is 4.25. The average molecular weight is 242 g/mol. The molecule has 0 fully saturated rings. The quantitative estimate of drug-likeness (QED) is 0.616. The van der Waals surface area contributed by atoms with Crippen molar-refractivity contribution in [2.75, 3.05) is 5.32 Å². The number of hydrogen-bond donors (Lipinski definition) is 1. The highest BCUT2D eigenvalue weighted by Crippen LogP contribution is 2.19. The largest absolute Gasteiger partial charge is 0.344 e. The second-order valence-corrected chi connectivity index (χ2v) is 4.14. The summed E-state index contributed by atoms with van der Waals surface area (Å²) in [6.07, 6.45) is 0. The van der Waals surface area contributed by atoms with E-state index in [9.17, 15) is 4.39 Å². The molecule has 0 heterocycles. The molecule has 2 aromatic carbocycles. The van der Waals surface area contributed by atoms with Gasteiger partial charge in [-0.1, -0.05) is 24.3 Å². The number of anilines is 1. The Morgan fingerprint density at radius 3 is 2.56 bits per heavy atom. The van der Waals surface area contributed by atoms with Gasteiger partial charge >= 0.3 is 0 Å². The number of para-hydroxylation sites is 1. The zero-order valence-corrected chi connectivity index (χ0v) is 10.4. The maximum absolute atomic E-state index is 13.5. The van der Waals surface area contributed by atoms with Gasteiger partial charge in [-0.2, -0.15) is 0 Å². The van der Waals surface area contributed by atoms with E-state index in [-0.39, 0.29) is 5.82 Å². The molecular weight excluding hydrogens is 227 g/mol. The van der Waals surface area contributed by atoms with Crippen molar-refractivity contribution in [3.05, 3.63) is 59.9 Å². The molecule has 0 bridgehead atoms. The Balaban J connectivity index is 2.20. The van der Waals surface area contributed by atoms with Crippen molar-refractivity contribution < 1.29 is 4.39 Å². The Morgan fingerprint density at radius 1 is 1.11 bits per heavy atom. The van der Waals surface area contributed by atoms with E-state index in [1.54, 1.807) is 12.1 Å². The molecule has 0 aliphatic rings. The van der Waals surface area contributed by atoms with Crippen molar-refractivity contribution in [3.63, 3.8) is 0 Å². The number of benzene rings is 2. The summed E-state index contributed by atoms with van der Waals surface area (Å²) in [5, 5.41) is 3.12. The topological polar surface area (TPSA) is 24.4 Å². The lowest BCUT2D eigenvalue weighted by Crippen LogP contribution is -2.06. The van der Waals surface area contributed by atoms with Gasteiger partial charge in [0.25, 0.3) is 0 Å². The highest BCUT2D eigenvalue weighted by atomic mass is 19.1. The van der Waals surface area contributed by atoms with Crippen LogP contribution in [0.5, 0.6) is 0 Å². The fraction of sp³-hybridized carbons (Fsp3) is 0.133. The summed E-state index contributed by atoms with van der Waals surface area (Å²) < 4.78 is 13.5. The molecule has 3 heteroatoms. The van der Waals surface area contributed by atoms with E-state index in [0.29, 0.717) is 11.5 Å². The smallest absolute Gasteiger partial charge is 0.148 e. The van der Waals surface area contributed by atoms with Gasteiger partial charge in [0.1, 0.15) is 17.3 Å². The summed E-state index contributed by atoms with van der Waals surface area (Å²) in [7, 11) is 0. The molecule has 0 unspecified atom stereocenters. The number of halogens is 1. The number of nitrogens with zero attached hydrogens (tertiary/aromatic N) is 1. The Kier molecular flexibility index (Phi) is 3.72. The normalized spacial score (nSPS) is 11.4. The molecule has 18 heavy (non-hydrogen) atoms. The number of nitrogens with one attached hydrogen (secondary N) is 1. The number of aliphatic imine (C=N–C) groups is 1. The van der Waals surface area contributed by atoms with Crippen molar-refractivity contribution in [2.24, 2.45) is 4.99 Å². The van der Waals surface area contributed by atoms with E-state index < -0.39 is 0 Å². The van der Waals surface area contributed by atoms with Gasteiger partial charge < -0.3 is 5.32 Å². The highest BCUT2D eigenvalue weighted by Gasteiger charge is 2.01. The Hall–Kier alpha value is -2.16. The minimum absolute atomic E-state index is 0.310. The second kappa shape index (κ2) is 5.45. The number of amidine groups is 1. The predicted molar refractivity (Wildman–Crippen MR) is 74.0 cm³/mol. The number of aryl methyl sites for hydroxylation is 1. The first kappa shape index (κ1) is 12.3. The van der Waals surface area contributed by atoms with Gasteiger partial charge in [-0.25, -0.2) is 9.38 Å². The van der Waals surface area contributed by atoms with E-state index in [4.69, 9.17) is 0 Å². The summed E-state index contributed by atoms with van der Waals surface area (Å²) in [6.45, 7) is 3.73. The summed E-state index contributed by atoms with van der Waals surface area (Å²) in [5.41, 5.74) is 2.28. The SMILES string of the molecule is CC(=Nc1cc(C)ccc1F)Nc1ccccc1. The average Bonchev–Trinajstić information content (AvgIpc) is 2.35. The molecule has 0 atom stereocenters. The van der Waals surface area contributed by atoms with Crippen LogP contribution < -0.4 is 5.32 Å². The fourth-order valence-electron chi connectivity index (χ4n) is 1.65. The van der Waals surface area contributed by atoms with Crippen LogP contribution in [-0.2, 0) is 0 Å². The van der Waals surface area contributed by atoms with Crippen LogP contribution in [0.1, 0.15) is 12.5 Å². The molecule has 0 amide bonds. The lowest BCUT2D eigenvalue weighted by molar-refractivity contribution is 0.629. The minimum atomic E-state index is -0.310. The van der Waals surface area contributed by atoms with E-state index >= 15 is 0 Å². The number of rotatable bonds is 2. The first-order valence-corrected chi connectivity index (χ1v) is 5.78. The van der Waals surface area contributed by atoms with Gasteiger partial charge in [0.2, 0.25) is 0 Å². The van der Waals surface area contributed by atoms with Crippen LogP contribution in [0.15, 0.2) is 53.5 Å². The van der Waals surface area contributed by atoms with Crippen molar-refractivity contribution in [2.45, 2.75) is 13.8 Å². The standard InChI is InChI=1S/C15H15FN2/c1-11-8-9-14(16)15(10-11)18-12(2)17-13-6-4-3-5-7-13/h3-10H,1-2H3,(H,17,18). The summed E-state index contributed by atoms with van der Waals surface area (Å²) >= 11 is 0. The first-order valence-electron chi connectivity index (χ1n) is 5.78. The maximum Gasteiger partial charge on any atom is 0.148 e. The lowest BCUT2D eigenvalue weighted by Gasteiger charge is -2.06. The van der Waals surface area contributed by atoms with Gasteiger partial charge in [-0.15, -0.1) is 0 Å². The van der Waals surface area contributed by atoms with Crippen molar-refractivity contribution in [1.82, 2.24) is 0 Å². The van der Waals surface area contributed by atoms with Crippen molar-refractivity contribution >= 4 is 17.2 Å². The van der Waals surface area contributed by atoms with E-state index in [2.05, 4.69) is 10.3 Å². The number of hydrogen-bond acceptors (Lipinski definition) is 1. The van der Waals surface area contributed by atoms with Gasteiger partial charge in [-0.3, -0.25) is 0 Å². The molecule has 0 saturated carbocycles. The van der Waals surface area contributed by atoms with Crippen molar-refractivity contribution in [3.8, 4) is 0 Å². The molecule has 0 radical (unpaired) electrons. The van der Waals surface area contributed by atoms with Crippen LogP contribution in [0.2, 0.25) is 0 Å². The van der Waals surface area contributed by atoms with E-state index in [1.807, 2.05) is 44.2 Å². The van der Waals surface area contributed by atoms with Crippen molar-refractivity contribution in [1.29, 1.82) is 0 Å². The molecule has 92 valence electrons. The zero-order valence-electron chi connectivity index (χ0n) is 10.4. The fourth-order valence-corrected chi connectivity index (χ4v) is 1.65. The third-order valence-corrected chi connectivity index (χ3v) is 2.49. The van der Waals surface area contributed by atoms with Crippen LogP contribution in [0.25, 0.3) is 0 Å². The molecule has 2 aromatic rings. The minimum Gasteiger partial charge on any atom is -0.344 e. The molecule has 2 rings (SSSR count). The highest BCUT2D eigenvalue weighted by molar-refractivity contribution is 5.95. The van der Waals surface area contributed by atoms with Gasteiger partial charge in [0.15, 0.2) is 0 Å². The summed E-state index contributed by atoms with van der Waals surface area (Å²) in [6, 6.07) is 14.6. The Morgan fingerprint density at radius 2 is 1.83 bits per heavy atom. The molecule has 2 nitrogen and oxygen atoms in total. The molecule has 1 N–H and O–H groups in total. The zero-order chi connectivity index (χ0) is 13.0. The van der Waals surface area contributed by atoms with Gasteiger partial charge in [-0.05, 0) is 43.7 Å². The van der Waals surface area contributed by atoms with Gasteiger partial charge in [0.05, 0.1) is 0 Å². The van der Waals surface area contributed by atoms with Crippen LogP contribution >= 0.6 is 0 Å². The second-order valence-electron chi connectivity index (χ2n) is 4.14. The van der Waals surface area contributed by atoms with E-state index in [0.717, 1.165) is 11.3 Å². The first-order chi connectivity index (χ1) is 8.65. The van der Waals surface area contributed by atoms with Crippen LogP contribution in [-0.4, -0.2) is 5.84 Å². The van der Waals surface area contributed by atoms with Crippen LogP contribution in [0.4, 0.5) is 15.8 Å². The molecule has 0 aliphatic carbocycles. The maximum atomic E-state index is 13.5. The summed E-state index contributed by atoms with van der Waals surface area (Å²) in [5.74, 6) is 0.348. The lowest BCUT2D eigenvalue weighted by atomic mass is 10.2. The Bertz CT molecular complexity index is 562. The molecule has 0 aliphatic heterocycles. The molecule has 0 saturated heterocycles. The Labute approximate surface area is 106 Å². The van der Waals surface area contributed by atoms with Crippen LogP contribution in [0.3, 0.4) is 0 Å². The molecule has 0 spiro atoms. The third-order valence-electron chi connectivity index (χ3n) is 2.49. The third kappa shape index (κ3) is 3.17. The molecule has 0 aromatic heterocycles. The predicted octanol–water partition coefficient (Wildman–Crippen LogP) is 4.30. The molecular formula is C15H15FN2. The van der Waals surface area contributed by atoms with Crippen LogP contribution in [0, 0.1) is 12.7 Å². The monoisotopic (exact) mass is 242 g/mol.